The van der Waals surface area contributed by atoms with Crippen molar-refractivity contribution in [2.75, 3.05) is 7.11 Å². The van der Waals surface area contributed by atoms with Crippen LogP contribution in [-0.2, 0) is 13.0 Å². The zero-order chi connectivity index (χ0) is 23.2. The minimum Gasteiger partial charge on any atom is -0.493 e. The maximum absolute atomic E-state index is 13.1. The molecule has 0 aliphatic carbocycles. The molecule has 0 spiro atoms. The summed E-state index contributed by atoms with van der Waals surface area (Å²) in [6.07, 6.45) is 3.13. The largest absolute Gasteiger partial charge is 0.493 e. The molecule has 0 N–H and O–H groups in total. The number of hydrogen-bond donors (Lipinski definition) is 0. The molecule has 0 radical (unpaired) electrons. The lowest BCUT2D eigenvalue weighted by Gasteiger charge is -2.12. The van der Waals surface area contributed by atoms with E-state index in [1.165, 1.54) is 4.68 Å². The Balaban J connectivity index is 1.63. The minimum atomic E-state index is -0.198. The highest BCUT2D eigenvalue weighted by atomic mass is 79.9. The number of ether oxygens (including phenoxy) is 2. The van der Waals surface area contributed by atoms with Gasteiger partial charge in [0.25, 0.3) is 5.56 Å². The molecule has 7 heteroatoms. The van der Waals surface area contributed by atoms with Crippen LogP contribution in [0.4, 0.5) is 0 Å². The summed E-state index contributed by atoms with van der Waals surface area (Å²) < 4.78 is 13.6. The highest BCUT2D eigenvalue weighted by Crippen LogP contribution is 2.28. The van der Waals surface area contributed by atoms with Gasteiger partial charge in [-0.2, -0.15) is 9.78 Å². The third-order valence-electron chi connectivity index (χ3n) is 5.10. The van der Waals surface area contributed by atoms with Crippen LogP contribution in [0, 0.1) is 0 Å². The molecule has 0 unspecified atom stereocenters. The van der Waals surface area contributed by atoms with Gasteiger partial charge in [-0.05, 0) is 53.9 Å². The van der Waals surface area contributed by atoms with E-state index in [2.05, 4.69) is 26.0 Å². The summed E-state index contributed by atoms with van der Waals surface area (Å²) in [6.45, 7) is 2.49. The van der Waals surface area contributed by atoms with Gasteiger partial charge >= 0.3 is 0 Å². The molecule has 0 saturated heterocycles. The van der Waals surface area contributed by atoms with Gasteiger partial charge in [-0.25, -0.2) is 4.98 Å². The van der Waals surface area contributed by atoms with Crippen molar-refractivity contribution in [1.29, 1.82) is 0 Å². The van der Waals surface area contributed by atoms with Gasteiger partial charge in [-0.1, -0.05) is 53.2 Å². The van der Waals surface area contributed by atoms with E-state index in [0.717, 1.165) is 22.0 Å². The van der Waals surface area contributed by atoms with E-state index in [1.807, 2.05) is 67.6 Å². The Kier molecular flexibility index (Phi) is 7.19. The highest BCUT2D eigenvalue weighted by molar-refractivity contribution is 9.10. The van der Waals surface area contributed by atoms with Crippen molar-refractivity contribution < 1.29 is 9.47 Å². The summed E-state index contributed by atoms with van der Waals surface area (Å²) in [5.41, 5.74) is 2.32. The van der Waals surface area contributed by atoms with Crippen molar-refractivity contribution in [2.24, 2.45) is 5.10 Å². The van der Waals surface area contributed by atoms with Crippen molar-refractivity contribution in [2.45, 2.75) is 26.4 Å². The molecule has 0 amide bonds. The fraction of sp³-hybridized carbons (Fsp3) is 0.192. The highest BCUT2D eigenvalue weighted by Gasteiger charge is 2.11. The number of methoxy groups -OCH3 is 1. The van der Waals surface area contributed by atoms with Crippen LogP contribution in [-0.4, -0.2) is 23.0 Å². The van der Waals surface area contributed by atoms with Crippen LogP contribution in [0.25, 0.3) is 10.9 Å². The Bertz CT molecular complexity index is 1350. The van der Waals surface area contributed by atoms with Crippen LogP contribution in [0.3, 0.4) is 0 Å². The van der Waals surface area contributed by atoms with Gasteiger partial charge in [0.1, 0.15) is 12.4 Å². The number of fused-ring (bicyclic) bond motifs is 1. The van der Waals surface area contributed by atoms with Crippen molar-refractivity contribution in [3.63, 3.8) is 0 Å². The summed E-state index contributed by atoms with van der Waals surface area (Å²) in [6, 6.07) is 21.0. The number of halogens is 1. The first-order chi connectivity index (χ1) is 16.1. The fourth-order valence-electron chi connectivity index (χ4n) is 3.44. The molecule has 4 rings (SSSR count). The van der Waals surface area contributed by atoms with E-state index in [4.69, 9.17) is 9.47 Å². The van der Waals surface area contributed by atoms with E-state index in [1.54, 1.807) is 19.4 Å². The van der Waals surface area contributed by atoms with Gasteiger partial charge in [-0.15, -0.1) is 0 Å². The molecule has 0 fully saturated rings. The lowest BCUT2D eigenvalue weighted by molar-refractivity contribution is 0.284. The lowest BCUT2D eigenvalue weighted by Crippen LogP contribution is -2.22. The quantitative estimate of drug-likeness (QED) is 0.293. The third-order valence-corrected chi connectivity index (χ3v) is 5.59. The smallest absolute Gasteiger partial charge is 0.282 e. The van der Waals surface area contributed by atoms with Crippen LogP contribution < -0.4 is 15.0 Å². The molecule has 0 bridgehead atoms. The van der Waals surface area contributed by atoms with Crippen molar-refractivity contribution >= 4 is 33.0 Å². The molecular formula is C26H24BrN3O3. The molecule has 1 aromatic heterocycles. The maximum atomic E-state index is 13.1. The first-order valence-corrected chi connectivity index (χ1v) is 11.5. The number of rotatable bonds is 8. The zero-order valence-electron chi connectivity index (χ0n) is 18.5. The van der Waals surface area contributed by atoms with Gasteiger partial charge in [0, 0.05) is 10.9 Å². The van der Waals surface area contributed by atoms with E-state index in [-0.39, 0.29) is 5.56 Å². The van der Waals surface area contributed by atoms with Crippen molar-refractivity contribution in [3.05, 3.63) is 98.5 Å². The van der Waals surface area contributed by atoms with Crippen LogP contribution in [0.2, 0.25) is 0 Å². The molecule has 0 saturated carbocycles. The van der Waals surface area contributed by atoms with Gasteiger partial charge in [0.15, 0.2) is 11.5 Å². The number of benzene rings is 3. The molecule has 0 aliphatic heterocycles. The summed E-state index contributed by atoms with van der Waals surface area (Å²) >= 11 is 3.43. The maximum Gasteiger partial charge on any atom is 0.282 e. The molecule has 1 heterocycles. The number of aromatic nitrogens is 2. The molecular weight excluding hydrogens is 482 g/mol. The second-order valence-electron chi connectivity index (χ2n) is 7.49. The molecule has 4 aromatic rings. The minimum absolute atomic E-state index is 0.198. The lowest BCUT2D eigenvalue weighted by atomic mass is 10.2. The number of nitrogens with zero attached hydrogens (tertiary/aromatic N) is 3. The average molecular weight is 506 g/mol. The third kappa shape index (κ3) is 5.31. The van der Waals surface area contributed by atoms with E-state index in [0.29, 0.717) is 41.3 Å². The fourth-order valence-corrected chi connectivity index (χ4v) is 3.80. The first kappa shape index (κ1) is 22.7. The Morgan fingerprint density at radius 1 is 1.06 bits per heavy atom. The Labute approximate surface area is 200 Å². The van der Waals surface area contributed by atoms with Crippen molar-refractivity contribution in [3.8, 4) is 11.5 Å². The molecule has 3 aromatic carbocycles. The van der Waals surface area contributed by atoms with Crippen LogP contribution >= 0.6 is 15.9 Å². The van der Waals surface area contributed by atoms with Gasteiger partial charge in [0.05, 0.1) is 24.2 Å². The number of aryl methyl sites for hydroxylation is 1. The Morgan fingerprint density at radius 3 is 2.64 bits per heavy atom. The topological polar surface area (TPSA) is 65.7 Å². The van der Waals surface area contributed by atoms with Gasteiger partial charge < -0.3 is 9.47 Å². The van der Waals surface area contributed by atoms with Crippen LogP contribution in [0.1, 0.15) is 30.3 Å². The van der Waals surface area contributed by atoms with Crippen molar-refractivity contribution in [1.82, 2.24) is 9.66 Å². The van der Waals surface area contributed by atoms with E-state index < -0.39 is 0 Å². The monoisotopic (exact) mass is 505 g/mol. The number of hydrogen-bond acceptors (Lipinski definition) is 5. The van der Waals surface area contributed by atoms with Crippen LogP contribution in [0.5, 0.6) is 11.5 Å². The predicted molar refractivity (Wildman–Crippen MR) is 134 cm³/mol. The Hall–Kier alpha value is -3.45. The SMILES string of the molecule is CCCc1nc2ccc(Br)cc2c(=O)n1N=Cc1ccc(OCc2ccccc2)c(OC)c1. The summed E-state index contributed by atoms with van der Waals surface area (Å²) in [7, 11) is 1.60. The van der Waals surface area contributed by atoms with Gasteiger partial charge in [0.2, 0.25) is 0 Å². The Morgan fingerprint density at radius 2 is 1.88 bits per heavy atom. The summed E-state index contributed by atoms with van der Waals surface area (Å²) in [5, 5.41) is 5.00. The average Bonchev–Trinajstić information content (AvgIpc) is 2.84. The van der Waals surface area contributed by atoms with Crippen LogP contribution in [0.15, 0.2) is 81.1 Å². The predicted octanol–water partition coefficient (Wildman–Crippen LogP) is 5.58. The second-order valence-corrected chi connectivity index (χ2v) is 8.40. The van der Waals surface area contributed by atoms with Gasteiger partial charge in [-0.3, -0.25) is 4.79 Å². The normalized spacial score (nSPS) is 11.2. The summed E-state index contributed by atoms with van der Waals surface area (Å²) in [5.74, 6) is 1.86. The zero-order valence-corrected chi connectivity index (χ0v) is 20.1. The molecule has 33 heavy (non-hydrogen) atoms. The van der Waals surface area contributed by atoms with E-state index in [9.17, 15) is 4.79 Å². The molecule has 0 atom stereocenters. The molecule has 6 nitrogen and oxygen atoms in total. The first-order valence-electron chi connectivity index (χ1n) is 10.7. The second kappa shape index (κ2) is 10.4. The molecule has 0 aliphatic rings. The standard InChI is InChI=1S/C26H24BrN3O3/c1-3-7-25-29-22-12-11-20(27)15-21(22)26(31)30(25)28-16-19-10-13-23(24(14-19)32-2)33-17-18-8-5-4-6-9-18/h4-6,8-16H,3,7,17H2,1-2H3. The van der Waals surface area contributed by atoms with E-state index >= 15 is 0 Å². The summed E-state index contributed by atoms with van der Waals surface area (Å²) in [4.78, 5) is 17.8. The molecule has 168 valence electrons.